The Balaban J connectivity index is 2.10. The largest absolute Gasteiger partial charge is 0.286 e. The number of thioether (sulfide) groups is 1. The van der Waals surface area contributed by atoms with Crippen LogP contribution < -0.4 is 5.56 Å². The van der Waals surface area contributed by atoms with Gasteiger partial charge in [-0.25, -0.2) is 4.98 Å². The number of nitriles is 1. The third-order valence-electron chi connectivity index (χ3n) is 4.16. The van der Waals surface area contributed by atoms with E-state index in [2.05, 4.69) is 30.7 Å². The molecule has 7 heteroatoms. The van der Waals surface area contributed by atoms with E-state index >= 15 is 0 Å². The molecule has 0 N–H and O–H groups in total. The third kappa shape index (κ3) is 3.31. The summed E-state index contributed by atoms with van der Waals surface area (Å²) < 4.78 is 14.4. The van der Waals surface area contributed by atoms with Crippen LogP contribution in [0.1, 0.15) is 32.0 Å². The zero-order valence-electron chi connectivity index (χ0n) is 14.4. The van der Waals surface area contributed by atoms with Crippen LogP contribution in [0.15, 0.2) is 28.3 Å². The molecule has 3 rings (SSSR count). The Labute approximate surface area is 149 Å². The predicted molar refractivity (Wildman–Crippen MR) is 95.3 cm³/mol. The fourth-order valence-corrected chi connectivity index (χ4v) is 3.74. The van der Waals surface area contributed by atoms with E-state index in [1.54, 1.807) is 6.20 Å². The van der Waals surface area contributed by atoms with Crippen molar-refractivity contribution < 1.29 is 4.39 Å². The van der Waals surface area contributed by atoms with Crippen LogP contribution >= 0.6 is 11.8 Å². The van der Waals surface area contributed by atoms with Crippen molar-refractivity contribution in [2.75, 3.05) is 12.4 Å². The first-order valence-electron chi connectivity index (χ1n) is 8.05. The van der Waals surface area contributed by atoms with Crippen LogP contribution in [-0.4, -0.2) is 27.0 Å². The molecule has 2 aromatic rings. The first kappa shape index (κ1) is 17.6. The summed E-state index contributed by atoms with van der Waals surface area (Å²) in [6.45, 7) is 5.98. The Bertz CT molecular complexity index is 894. The SMILES string of the molecule is CC(C)(C)c1ccc(-c2nc3n(c(=O)c2C#N)CC(CF)CS3)cn1. The Morgan fingerprint density at radius 2 is 2.20 bits per heavy atom. The molecule has 0 saturated heterocycles. The maximum absolute atomic E-state index is 12.9. The standard InChI is InChI=1S/C18H19FN4OS/c1-18(2,3)14-5-4-12(8-21-14)15-13(7-20)16(24)23-9-11(6-19)10-25-17(23)22-15/h4-5,8,11H,6,9-10H2,1-3H3. The topological polar surface area (TPSA) is 71.6 Å². The summed E-state index contributed by atoms with van der Waals surface area (Å²) >= 11 is 1.35. The fourth-order valence-electron chi connectivity index (χ4n) is 2.69. The van der Waals surface area contributed by atoms with Gasteiger partial charge in [-0.3, -0.25) is 18.7 Å². The Kier molecular flexibility index (Phi) is 4.65. The summed E-state index contributed by atoms with van der Waals surface area (Å²) in [5.41, 5.74) is 1.39. The van der Waals surface area contributed by atoms with Crippen molar-refractivity contribution in [2.24, 2.45) is 5.92 Å². The van der Waals surface area contributed by atoms with Crippen molar-refractivity contribution in [3.05, 3.63) is 39.9 Å². The first-order chi connectivity index (χ1) is 11.8. The van der Waals surface area contributed by atoms with E-state index < -0.39 is 12.2 Å². The van der Waals surface area contributed by atoms with E-state index in [-0.39, 0.29) is 23.4 Å². The number of pyridine rings is 1. The quantitative estimate of drug-likeness (QED) is 0.771. The number of hydrogen-bond donors (Lipinski definition) is 0. The molecule has 1 unspecified atom stereocenters. The van der Waals surface area contributed by atoms with Gasteiger partial charge in [0.05, 0.1) is 12.4 Å². The van der Waals surface area contributed by atoms with Gasteiger partial charge in [-0.15, -0.1) is 0 Å². The zero-order chi connectivity index (χ0) is 18.2. The van der Waals surface area contributed by atoms with E-state index in [9.17, 15) is 14.4 Å². The molecule has 0 amide bonds. The van der Waals surface area contributed by atoms with E-state index in [0.29, 0.717) is 22.2 Å². The van der Waals surface area contributed by atoms with E-state index in [1.807, 2.05) is 18.2 Å². The summed E-state index contributed by atoms with van der Waals surface area (Å²) in [5, 5.41) is 10.00. The van der Waals surface area contributed by atoms with Crippen LogP contribution in [0.4, 0.5) is 4.39 Å². The summed E-state index contributed by atoms with van der Waals surface area (Å²) in [4.78, 5) is 21.6. The molecule has 130 valence electrons. The van der Waals surface area contributed by atoms with Crippen LogP contribution in [-0.2, 0) is 12.0 Å². The molecule has 0 bridgehead atoms. The number of rotatable bonds is 2. The van der Waals surface area contributed by atoms with Gasteiger partial charge in [0.1, 0.15) is 11.6 Å². The molecule has 0 spiro atoms. The minimum Gasteiger partial charge on any atom is -0.286 e. The molecule has 0 aromatic carbocycles. The number of alkyl halides is 1. The number of nitrogens with zero attached hydrogens (tertiary/aromatic N) is 4. The van der Waals surface area contributed by atoms with Crippen LogP contribution in [0, 0.1) is 17.2 Å². The third-order valence-corrected chi connectivity index (χ3v) is 5.37. The number of halogens is 1. The number of fused-ring (bicyclic) bond motifs is 1. The van der Waals surface area contributed by atoms with Gasteiger partial charge in [0.2, 0.25) is 0 Å². The second-order valence-corrected chi connectivity index (χ2v) is 8.15. The van der Waals surface area contributed by atoms with E-state index in [0.717, 1.165) is 5.69 Å². The second-order valence-electron chi connectivity index (χ2n) is 7.16. The molecule has 1 atom stereocenters. The summed E-state index contributed by atoms with van der Waals surface area (Å²) in [7, 11) is 0. The Hall–Kier alpha value is -2.20. The molecular weight excluding hydrogens is 339 g/mol. The molecule has 0 radical (unpaired) electrons. The minimum absolute atomic E-state index is 0.0193. The lowest BCUT2D eigenvalue weighted by Crippen LogP contribution is -2.33. The van der Waals surface area contributed by atoms with Gasteiger partial charge in [0.25, 0.3) is 5.56 Å². The second kappa shape index (κ2) is 6.60. The fraction of sp³-hybridized carbons (Fsp3) is 0.444. The number of hydrogen-bond acceptors (Lipinski definition) is 5. The molecule has 0 aliphatic carbocycles. The van der Waals surface area contributed by atoms with Gasteiger partial charge in [0, 0.05) is 41.1 Å². The van der Waals surface area contributed by atoms with Gasteiger partial charge in [-0.2, -0.15) is 5.26 Å². The average molecular weight is 358 g/mol. The molecular formula is C18H19FN4OS. The molecule has 5 nitrogen and oxygen atoms in total. The maximum Gasteiger partial charge on any atom is 0.272 e. The molecule has 1 aliphatic heterocycles. The average Bonchev–Trinajstić information content (AvgIpc) is 2.60. The summed E-state index contributed by atoms with van der Waals surface area (Å²) in [6, 6.07) is 5.69. The predicted octanol–water partition coefficient (Wildman–Crippen LogP) is 3.17. The molecule has 0 fully saturated rings. The molecule has 0 saturated carbocycles. The molecule has 2 aromatic heterocycles. The maximum atomic E-state index is 12.9. The smallest absolute Gasteiger partial charge is 0.272 e. The van der Waals surface area contributed by atoms with Crippen LogP contribution in [0.3, 0.4) is 0 Å². The highest BCUT2D eigenvalue weighted by Crippen LogP contribution is 2.29. The van der Waals surface area contributed by atoms with Gasteiger partial charge in [-0.1, -0.05) is 32.5 Å². The monoisotopic (exact) mass is 358 g/mol. The van der Waals surface area contributed by atoms with Crippen molar-refractivity contribution in [2.45, 2.75) is 37.9 Å². The van der Waals surface area contributed by atoms with Crippen molar-refractivity contribution in [3.63, 3.8) is 0 Å². The summed E-state index contributed by atoms with van der Waals surface area (Å²) in [5.74, 6) is 0.359. The van der Waals surface area contributed by atoms with Gasteiger partial charge in [-0.05, 0) is 12.1 Å². The Morgan fingerprint density at radius 1 is 1.44 bits per heavy atom. The van der Waals surface area contributed by atoms with Gasteiger partial charge in [0.15, 0.2) is 5.16 Å². The van der Waals surface area contributed by atoms with E-state index in [4.69, 9.17) is 0 Å². The summed E-state index contributed by atoms with van der Waals surface area (Å²) in [6.07, 6.45) is 1.65. The van der Waals surface area contributed by atoms with E-state index in [1.165, 1.54) is 16.3 Å². The molecule has 1 aliphatic rings. The van der Waals surface area contributed by atoms with Crippen molar-refractivity contribution in [3.8, 4) is 17.3 Å². The lowest BCUT2D eigenvalue weighted by molar-refractivity contribution is 0.330. The number of aromatic nitrogens is 3. The normalized spacial score (nSPS) is 17.0. The van der Waals surface area contributed by atoms with Crippen LogP contribution in [0.2, 0.25) is 0 Å². The first-order valence-corrected chi connectivity index (χ1v) is 9.04. The van der Waals surface area contributed by atoms with Gasteiger partial charge >= 0.3 is 0 Å². The van der Waals surface area contributed by atoms with Gasteiger partial charge < -0.3 is 0 Å². The minimum atomic E-state index is -0.485. The lowest BCUT2D eigenvalue weighted by atomic mass is 9.91. The Morgan fingerprint density at radius 3 is 2.76 bits per heavy atom. The van der Waals surface area contributed by atoms with Crippen molar-refractivity contribution >= 4 is 11.8 Å². The lowest BCUT2D eigenvalue weighted by Gasteiger charge is -2.23. The molecule has 25 heavy (non-hydrogen) atoms. The van der Waals surface area contributed by atoms with Crippen molar-refractivity contribution in [1.82, 2.24) is 14.5 Å². The van der Waals surface area contributed by atoms with Crippen LogP contribution in [0.25, 0.3) is 11.3 Å². The van der Waals surface area contributed by atoms with Crippen LogP contribution in [0.5, 0.6) is 0 Å². The zero-order valence-corrected chi connectivity index (χ0v) is 15.2. The highest BCUT2D eigenvalue weighted by atomic mass is 32.2. The highest BCUT2D eigenvalue weighted by Gasteiger charge is 2.25. The highest BCUT2D eigenvalue weighted by molar-refractivity contribution is 7.99. The van der Waals surface area contributed by atoms with Crippen molar-refractivity contribution in [1.29, 1.82) is 5.26 Å². The molecule has 3 heterocycles.